The summed E-state index contributed by atoms with van der Waals surface area (Å²) in [5.41, 5.74) is 4.92. The summed E-state index contributed by atoms with van der Waals surface area (Å²) in [6.45, 7) is 2.11. The Kier molecular flexibility index (Phi) is 5.12. The number of hydrogen-bond donors (Lipinski definition) is 0. The van der Waals surface area contributed by atoms with Crippen molar-refractivity contribution in [2.45, 2.75) is 25.9 Å². The van der Waals surface area contributed by atoms with Crippen molar-refractivity contribution in [3.05, 3.63) is 84.1 Å². The standard InChI is InChI=1S/C27H22N2O3/c1-2-31-27(30)26-16-21-15-20(19-5-3-18(17-28)4-6-19)7-14-25(21)29(26)22-8-10-23(11-9-22)32-24-12-13-24/h3-11,14-16,24H,2,12-13H2,1H3. The van der Waals surface area contributed by atoms with E-state index < -0.39 is 0 Å². The fourth-order valence-electron chi connectivity index (χ4n) is 3.82. The minimum absolute atomic E-state index is 0.311. The summed E-state index contributed by atoms with van der Waals surface area (Å²) in [7, 11) is 0. The lowest BCUT2D eigenvalue weighted by Crippen LogP contribution is -2.11. The molecule has 1 aliphatic rings. The fourth-order valence-corrected chi connectivity index (χ4v) is 3.82. The minimum Gasteiger partial charge on any atom is -0.490 e. The number of nitriles is 1. The predicted molar refractivity (Wildman–Crippen MR) is 123 cm³/mol. The van der Waals surface area contributed by atoms with E-state index in [0.29, 0.717) is 24.0 Å². The van der Waals surface area contributed by atoms with Crippen LogP contribution in [-0.2, 0) is 4.74 Å². The van der Waals surface area contributed by atoms with Crippen molar-refractivity contribution in [1.82, 2.24) is 4.57 Å². The molecule has 0 saturated heterocycles. The molecule has 1 heterocycles. The number of carbonyl (C=O) groups is 1. The van der Waals surface area contributed by atoms with Gasteiger partial charge in [0.1, 0.15) is 11.4 Å². The van der Waals surface area contributed by atoms with Crippen LogP contribution >= 0.6 is 0 Å². The second-order valence-electron chi connectivity index (χ2n) is 7.86. The molecule has 0 amide bonds. The molecule has 5 rings (SSSR count). The van der Waals surface area contributed by atoms with Gasteiger partial charge in [-0.05, 0) is 85.5 Å². The first kappa shape index (κ1) is 19.9. The van der Waals surface area contributed by atoms with E-state index in [9.17, 15) is 4.79 Å². The van der Waals surface area contributed by atoms with E-state index in [-0.39, 0.29) is 5.97 Å². The zero-order chi connectivity index (χ0) is 22.1. The first-order valence-corrected chi connectivity index (χ1v) is 10.8. The molecule has 0 bridgehead atoms. The van der Waals surface area contributed by atoms with Gasteiger partial charge in [-0.3, -0.25) is 0 Å². The SMILES string of the molecule is CCOC(=O)c1cc2cc(-c3ccc(C#N)cc3)ccc2n1-c1ccc(OC2CC2)cc1. The summed E-state index contributed by atoms with van der Waals surface area (Å²) in [6, 6.07) is 25.4. The Morgan fingerprint density at radius 3 is 2.38 bits per heavy atom. The molecule has 0 atom stereocenters. The first-order valence-electron chi connectivity index (χ1n) is 10.8. The van der Waals surface area contributed by atoms with Crippen molar-refractivity contribution in [3.63, 3.8) is 0 Å². The van der Waals surface area contributed by atoms with Gasteiger partial charge in [0.05, 0.1) is 29.9 Å². The van der Waals surface area contributed by atoms with Crippen LogP contribution in [0.4, 0.5) is 0 Å². The number of hydrogen-bond acceptors (Lipinski definition) is 4. The highest BCUT2D eigenvalue weighted by molar-refractivity contribution is 5.98. The van der Waals surface area contributed by atoms with Gasteiger partial charge >= 0.3 is 5.97 Å². The Hall–Kier alpha value is -4.04. The van der Waals surface area contributed by atoms with Crippen molar-refractivity contribution >= 4 is 16.9 Å². The van der Waals surface area contributed by atoms with E-state index in [2.05, 4.69) is 12.1 Å². The molecule has 1 aromatic heterocycles. The molecule has 5 nitrogen and oxygen atoms in total. The number of carbonyl (C=O) groups excluding carboxylic acids is 1. The van der Waals surface area contributed by atoms with E-state index >= 15 is 0 Å². The Labute approximate surface area is 186 Å². The van der Waals surface area contributed by atoms with Gasteiger partial charge in [-0.15, -0.1) is 0 Å². The molecule has 0 unspecified atom stereocenters. The average molecular weight is 422 g/mol. The molecule has 3 aromatic carbocycles. The van der Waals surface area contributed by atoms with Crippen LogP contribution < -0.4 is 4.74 Å². The van der Waals surface area contributed by atoms with Crippen LogP contribution in [-0.4, -0.2) is 23.2 Å². The molecule has 0 radical (unpaired) electrons. The predicted octanol–water partition coefficient (Wildman–Crippen LogP) is 5.89. The second kappa shape index (κ2) is 8.24. The van der Waals surface area contributed by atoms with Gasteiger partial charge in [-0.1, -0.05) is 18.2 Å². The van der Waals surface area contributed by atoms with E-state index in [4.69, 9.17) is 14.7 Å². The third-order valence-electron chi connectivity index (χ3n) is 5.56. The topological polar surface area (TPSA) is 64.2 Å². The normalized spacial score (nSPS) is 13.0. The number of esters is 1. The lowest BCUT2D eigenvalue weighted by atomic mass is 10.0. The number of benzene rings is 3. The van der Waals surface area contributed by atoms with Crippen LogP contribution in [0.1, 0.15) is 35.8 Å². The first-order chi connectivity index (χ1) is 15.7. The molecule has 0 aliphatic heterocycles. The van der Waals surface area contributed by atoms with Crippen LogP contribution in [0.15, 0.2) is 72.8 Å². The largest absolute Gasteiger partial charge is 0.490 e. The van der Waals surface area contributed by atoms with E-state index in [0.717, 1.165) is 46.3 Å². The van der Waals surface area contributed by atoms with E-state index in [1.165, 1.54) is 0 Å². The monoisotopic (exact) mass is 422 g/mol. The van der Waals surface area contributed by atoms with Gasteiger partial charge in [0, 0.05) is 11.1 Å². The smallest absolute Gasteiger partial charge is 0.355 e. The summed E-state index contributed by atoms with van der Waals surface area (Å²) in [5.74, 6) is 0.482. The average Bonchev–Trinajstić information content (AvgIpc) is 3.56. The van der Waals surface area contributed by atoms with Crippen molar-refractivity contribution in [3.8, 4) is 28.6 Å². The Morgan fingerprint density at radius 1 is 1.00 bits per heavy atom. The molecule has 1 fully saturated rings. The van der Waals surface area contributed by atoms with Gasteiger partial charge in [-0.2, -0.15) is 5.26 Å². The quantitative estimate of drug-likeness (QED) is 0.364. The summed E-state index contributed by atoms with van der Waals surface area (Å²) in [6.07, 6.45) is 2.56. The second-order valence-corrected chi connectivity index (χ2v) is 7.86. The molecule has 4 aromatic rings. The van der Waals surface area contributed by atoms with Crippen molar-refractivity contribution < 1.29 is 14.3 Å². The van der Waals surface area contributed by atoms with Crippen molar-refractivity contribution in [1.29, 1.82) is 5.26 Å². The zero-order valence-corrected chi connectivity index (χ0v) is 17.7. The number of aromatic nitrogens is 1. The molecular weight excluding hydrogens is 400 g/mol. The minimum atomic E-state index is -0.359. The summed E-state index contributed by atoms with van der Waals surface area (Å²) in [4.78, 5) is 12.8. The maximum absolute atomic E-state index is 12.8. The van der Waals surface area contributed by atoms with Crippen LogP contribution in [0.3, 0.4) is 0 Å². The Morgan fingerprint density at radius 2 is 1.72 bits per heavy atom. The van der Waals surface area contributed by atoms with E-state index in [1.807, 2.05) is 59.2 Å². The highest BCUT2D eigenvalue weighted by atomic mass is 16.5. The van der Waals surface area contributed by atoms with Crippen LogP contribution in [0.25, 0.3) is 27.7 Å². The number of rotatable bonds is 6. The highest BCUT2D eigenvalue weighted by Crippen LogP contribution is 2.32. The van der Waals surface area contributed by atoms with Gasteiger partial charge in [-0.25, -0.2) is 4.79 Å². The third-order valence-corrected chi connectivity index (χ3v) is 5.56. The summed E-state index contributed by atoms with van der Waals surface area (Å²) >= 11 is 0. The molecule has 0 spiro atoms. The maximum Gasteiger partial charge on any atom is 0.355 e. The Balaban J connectivity index is 1.58. The lowest BCUT2D eigenvalue weighted by Gasteiger charge is -2.12. The molecule has 32 heavy (non-hydrogen) atoms. The molecule has 1 saturated carbocycles. The highest BCUT2D eigenvalue weighted by Gasteiger charge is 2.23. The molecule has 0 N–H and O–H groups in total. The van der Waals surface area contributed by atoms with Crippen LogP contribution in [0.2, 0.25) is 0 Å². The molecule has 5 heteroatoms. The maximum atomic E-state index is 12.8. The number of fused-ring (bicyclic) bond motifs is 1. The van der Waals surface area contributed by atoms with Crippen LogP contribution in [0, 0.1) is 11.3 Å². The Bertz CT molecular complexity index is 1320. The van der Waals surface area contributed by atoms with Crippen molar-refractivity contribution in [2.24, 2.45) is 0 Å². The lowest BCUT2D eigenvalue weighted by molar-refractivity contribution is 0.0517. The van der Waals surface area contributed by atoms with E-state index in [1.54, 1.807) is 19.1 Å². The van der Waals surface area contributed by atoms with Gasteiger partial charge in [0.25, 0.3) is 0 Å². The number of ether oxygens (including phenoxy) is 2. The van der Waals surface area contributed by atoms with Gasteiger partial charge in [0.2, 0.25) is 0 Å². The zero-order valence-electron chi connectivity index (χ0n) is 17.7. The van der Waals surface area contributed by atoms with Crippen molar-refractivity contribution in [2.75, 3.05) is 6.61 Å². The molecule has 1 aliphatic carbocycles. The molecule has 158 valence electrons. The fraction of sp³-hybridized carbons (Fsp3) is 0.185. The van der Waals surface area contributed by atoms with Gasteiger partial charge in [0.15, 0.2) is 0 Å². The van der Waals surface area contributed by atoms with Crippen LogP contribution in [0.5, 0.6) is 5.75 Å². The summed E-state index contributed by atoms with van der Waals surface area (Å²) < 4.78 is 13.1. The van der Waals surface area contributed by atoms with Gasteiger partial charge < -0.3 is 14.0 Å². The number of nitrogens with zero attached hydrogens (tertiary/aromatic N) is 2. The molecular formula is C27H22N2O3. The summed E-state index contributed by atoms with van der Waals surface area (Å²) in [5, 5.41) is 9.97. The third kappa shape index (κ3) is 3.83.